The predicted octanol–water partition coefficient (Wildman–Crippen LogP) is 3.52. The van der Waals surface area contributed by atoms with Gasteiger partial charge in [-0.25, -0.2) is 0 Å². The van der Waals surface area contributed by atoms with Crippen LogP contribution in [0.4, 0.5) is 0 Å². The van der Waals surface area contributed by atoms with Gasteiger partial charge in [0.25, 0.3) is 0 Å². The Kier molecular flexibility index (Phi) is 5.30. The molecule has 112 valence electrons. The maximum absolute atomic E-state index is 3.68. The summed E-state index contributed by atoms with van der Waals surface area (Å²) >= 11 is 0. The smallest absolute Gasteiger partial charge is 0.0124 e. The van der Waals surface area contributed by atoms with Crippen molar-refractivity contribution in [2.75, 3.05) is 13.1 Å². The molecule has 2 nitrogen and oxygen atoms in total. The number of likely N-dealkylation sites (tertiary alicyclic amines) is 1. The SMILES string of the molecule is CCNC1CCN(C2CCC(C)CC2C)C(C)C1C. The Bertz CT molecular complexity index is 278. The lowest BCUT2D eigenvalue weighted by molar-refractivity contribution is 0.00404. The molecule has 0 spiro atoms. The van der Waals surface area contributed by atoms with Crippen molar-refractivity contribution < 1.29 is 0 Å². The van der Waals surface area contributed by atoms with E-state index in [9.17, 15) is 0 Å². The van der Waals surface area contributed by atoms with Crippen LogP contribution < -0.4 is 5.32 Å². The molecular formula is C17H34N2. The van der Waals surface area contributed by atoms with E-state index in [-0.39, 0.29) is 0 Å². The molecule has 1 saturated carbocycles. The molecule has 1 heterocycles. The summed E-state index contributed by atoms with van der Waals surface area (Å²) in [6.45, 7) is 14.4. The highest BCUT2D eigenvalue weighted by Crippen LogP contribution is 2.36. The summed E-state index contributed by atoms with van der Waals surface area (Å²) in [4.78, 5) is 2.84. The number of piperidine rings is 1. The van der Waals surface area contributed by atoms with Crippen LogP contribution in [0.15, 0.2) is 0 Å². The number of nitrogens with one attached hydrogen (secondary N) is 1. The molecule has 1 aliphatic carbocycles. The molecule has 19 heavy (non-hydrogen) atoms. The zero-order chi connectivity index (χ0) is 14.0. The minimum absolute atomic E-state index is 0.731. The summed E-state index contributed by atoms with van der Waals surface area (Å²) < 4.78 is 0. The Morgan fingerprint density at radius 3 is 2.42 bits per heavy atom. The zero-order valence-corrected chi connectivity index (χ0v) is 13.7. The maximum Gasteiger partial charge on any atom is 0.0124 e. The van der Waals surface area contributed by atoms with Gasteiger partial charge in [0.05, 0.1) is 0 Å². The lowest BCUT2D eigenvalue weighted by Gasteiger charge is -2.50. The van der Waals surface area contributed by atoms with Crippen LogP contribution in [0.3, 0.4) is 0 Å². The van der Waals surface area contributed by atoms with Gasteiger partial charge in [-0.05, 0) is 56.9 Å². The van der Waals surface area contributed by atoms with Gasteiger partial charge >= 0.3 is 0 Å². The molecule has 2 aliphatic rings. The zero-order valence-electron chi connectivity index (χ0n) is 13.7. The summed E-state index contributed by atoms with van der Waals surface area (Å²) in [6, 6.07) is 2.31. The molecule has 1 saturated heterocycles. The fraction of sp³-hybridized carbons (Fsp3) is 1.00. The summed E-state index contributed by atoms with van der Waals surface area (Å²) in [5.74, 6) is 2.60. The third kappa shape index (κ3) is 3.33. The van der Waals surface area contributed by atoms with Gasteiger partial charge in [-0.3, -0.25) is 4.90 Å². The van der Waals surface area contributed by atoms with E-state index in [2.05, 4.69) is 44.8 Å². The second-order valence-electron chi connectivity index (χ2n) is 7.25. The standard InChI is InChI=1S/C17H34N2/c1-6-18-16-9-10-19(15(5)14(16)4)17-8-7-12(2)11-13(17)3/h12-18H,6-11H2,1-5H3. The summed E-state index contributed by atoms with van der Waals surface area (Å²) in [5, 5.41) is 3.68. The molecule has 2 fully saturated rings. The third-order valence-corrected chi connectivity index (χ3v) is 5.90. The Balaban J connectivity index is 1.98. The minimum atomic E-state index is 0.731. The van der Waals surface area contributed by atoms with E-state index in [1.54, 1.807) is 0 Å². The lowest BCUT2D eigenvalue weighted by Crippen LogP contribution is -2.58. The number of hydrogen-bond acceptors (Lipinski definition) is 2. The molecule has 0 radical (unpaired) electrons. The van der Waals surface area contributed by atoms with E-state index in [4.69, 9.17) is 0 Å². The average molecular weight is 266 g/mol. The second kappa shape index (κ2) is 6.58. The van der Waals surface area contributed by atoms with Crippen LogP contribution in [0.2, 0.25) is 0 Å². The maximum atomic E-state index is 3.68. The van der Waals surface area contributed by atoms with Crippen LogP contribution in [0.5, 0.6) is 0 Å². The Labute approximate surface area is 120 Å². The average Bonchev–Trinajstić information content (AvgIpc) is 2.37. The van der Waals surface area contributed by atoms with Crippen LogP contribution in [-0.2, 0) is 0 Å². The molecule has 2 heteroatoms. The highest BCUT2D eigenvalue weighted by Gasteiger charge is 2.38. The molecule has 0 aromatic carbocycles. The molecule has 1 N–H and O–H groups in total. The van der Waals surface area contributed by atoms with Gasteiger partial charge in [0.15, 0.2) is 0 Å². The van der Waals surface area contributed by atoms with E-state index in [1.165, 1.54) is 32.2 Å². The van der Waals surface area contributed by atoms with Crippen molar-refractivity contribution in [1.29, 1.82) is 0 Å². The van der Waals surface area contributed by atoms with Crippen molar-refractivity contribution in [3.63, 3.8) is 0 Å². The molecule has 6 unspecified atom stereocenters. The first-order valence-corrected chi connectivity index (χ1v) is 8.53. The van der Waals surface area contributed by atoms with Crippen molar-refractivity contribution in [2.45, 2.75) is 78.4 Å². The van der Waals surface area contributed by atoms with Crippen molar-refractivity contribution in [1.82, 2.24) is 10.2 Å². The first-order chi connectivity index (χ1) is 9.04. The van der Waals surface area contributed by atoms with E-state index >= 15 is 0 Å². The van der Waals surface area contributed by atoms with Crippen molar-refractivity contribution in [3.8, 4) is 0 Å². The lowest BCUT2D eigenvalue weighted by atomic mass is 9.76. The predicted molar refractivity (Wildman–Crippen MR) is 83.4 cm³/mol. The van der Waals surface area contributed by atoms with Crippen molar-refractivity contribution in [3.05, 3.63) is 0 Å². The number of nitrogens with zero attached hydrogens (tertiary/aromatic N) is 1. The Hall–Kier alpha value is -0.0800. The fourth-order valence-electron chi connectivity index (χ4n) is 4.55. The van der Waals surface area contributed by atoms with Gasteiger partial charge in [0, 0.05) is 24.7 Å². The van der Waals surface area contributed by atoms with Crippen LogP contribution in [0.25, 0.3) is 0 Å². The van der Waals surface area contributed by atoms with E-state index < -0.39 is 0 Å². The van der Waals surface area contributed by atoms with E-state index in [0.29, 0.717) is 0 Å². The van der Waals surface area contributed by atoms with Gasteiger partial charge in [0.2, 0.25) is 0 Å². The normalized spacial score (nSPS) is 45.3. The van der Waals surface area contributed by atoms with E-state index in [0.717, 1.165) is 42.4 Å². The molecule has 2 rings (SSSR count). The second-order valence-corrected chi connectivity index (χ2v) is 7.25. The van der Waals surface area contributed by atoms with Gasteiger partial charge in [0.1, 0.15) is 0 Å². The van der Waals surface area contributed by atoms with Crippen LogP contribution in [-0.4, -0.2) is 36.1 Å². The summed E-state index contributed by atoms with van der Waals surface area (Å²) in [5.41, 5.74) is 0. The van der Waals surface area contributed by atoms with Crippen molar-refractivity contribution >= 4 is 0 Å². The fourth-order valence-corrected chi connectivity index (χ4v) is 4.55. The first-order valence-electron chi connectivity index (χ1n) is 8.53. The topological polar surface area (TPSA) is 15.3 Å². The molecule has 0 amide bonds. The number of hydrogen-bond donors (Lipinski definition) is 1. The minimum Gasteiger partial charge on any atom is -0.314 e. The van der Waals surface area contributed by atoms with Crippen molar-refractivity contribution in [2.24, 2.45) is 17.8 Å². The molecular weight excluding hydrogens is 232 g/mol. The molecule has 1 aliphatic heterocycles. The first kappa shape index (κ1) is 15.3. The van der Waals surface area contributed by atoms with Gasteiger partial charge < -0.3 is 5.32 Å². The molecule has 0 aromatic heterocycles. The van der Waals surface area contributed by atoms with Crippen LogP contribution in [0.1, 0.15) is 60.3 Å². The van der Waals surface area contributed by atoms with Gasteiger partial charge in [-0.1, -0.05) is 27.7 Å². The van der Waals surface area contributed by atoms with Crippen LogP contribution >= 0.6 is 0 Å². The molecule has 0 aromatic rings. The molecule has 0 bridgehead atoms. The Morgan fingerprint density at radius 1 is 1.05 bits per heavy atom. The van der Waals surface area contributed by atoms with Crippen LogP contribution in [0, 0.1) is 17.8 Å². The van der Waals surface area contributed by atoms with E-state index in [1.807, 2.05) is 0 Å². The highest BCUT2D eigenvalue weighted by molar-refractivity contribution is 4.94. The quantitative estimate of drug-likeness (QED) is 0.841. The summed E-state index contributed by atoms with van der Waals surface area (Å²) in [6.07, 6.45) is 5.62. The highest BCUT2D eigenvalue weighted by atomic mass is 15.2. The Morgan fingerprint density at radius 2 is 1.79 bits per heavy atom. The third-order valence-electron chi connectivity index (χ3n) is 5.90. The number of rotatable bonds is 3. The monoisotopic (exact) mass is 266 g/mol. The largest absolute Gasteiger partial charge is 0.314 e. The summed E-state index contributed by atoms with van der Waals surface area (Å²) in [7, 11) is 0. The van der Waals surface area contributed by atoms with Gasteiger partial charge in [-0.15, -0.1) is 0 Å². The molecule has 6 atom stereocenters. The van der Waals surface area contributed by atoms with Gasteiger partial charge in [-0.2, -0.15) is 0 Å².